The molecule has 21 heavy (non-hydrogen) atoms. The minimum absolute atomic E-state index is 0.199. The molecule has 0 radical (unpaired) electrons. The van der Waals surface area contributed by atoms with Crippen LogP contribution in [0.5, 0.6) is 0 Å². The second kappa shape index (κ2) is 5.71. The Balaban J connectivity index is 1.83. The standard InChI is InChI=1S/C15H12ClN3OS/c16-9-4-5-12-11(7-9)13(17)14(21-12)15(20)19-8-10-3-1-2-6-18-10/h1-7H,8,17H2,(H,19,20). The van der Waals surface area contributed by atoms with Gasteiger partial charge in [0.2, 0.25) is 0 Å². The van der Waals surface area contributed by atoms with E-state index in [-0.39, 0.29) is 5.91 Å². The molecule has 2 aromatic heterocycles. The summed E-state index contributed by atoms with van der Waals surface area (Å²) in [6.07, 6.45) is 1.69. The molecule has 3 rings (SSSR count). The van der Waals surface area contributed by atoms with E-state index in [1.807, 2.05) is 24.3 Å². The van der Waals surface area contributed by atoms with Gasteiger partial charge in [-0.1, -0.05) is 17.7 Å². The van der Waals surface area contributed by atoms with E-state index in [1.165, 1.54) is 11.3 Å². The molecule has 0 saturated heterocycles. The molecule has 0 aliphatic heterocycles. The van der Waals surface area contributed by atoms with Crippen molar-refractivity contribution < 1.29 is 4.79 Å². The zero-order valence-electron chi connectivity index (χ0n) is 11.0. The summed E-state index contributed by atoms with van der Waals surface area (Å²) >= 11 is 7.32. The summed E-state index contributed by atoms with van der Waals surface area (Å²) in [6.45, 7) is 0.369. The highest BCUT2D eigenvalue weighted by Crippen LogP contribution is 2.35. The van der Waals surface area contributed by atoms with Crippen LogP contribution >= 0.6 is 22.9 Å². The number of anilines is 1. The van der Waals surface area contributed by atoms with Gasteiger partial charge >= 0.3 is 0 Å². The number of thiophene rings is 1. The number of nitrogen functional groups attached to an aromatic ring is 1. The first-order valence-electron chi connectivity index (χ1n) is 6.31. The van der Waals surface area contributed by atoms with Crippen LogP contribution in [0.3, 0.4) is 0 Å². The molecule has 0 unspecified atom stereocenters. The number of amides is 1. The summed E-state index contributed by atoms with van der Waals surface area (Å²) in [7, 11) is 0. The molecule has 3 aromatic rings. The Morgan fingerprint density at radius 1 is 1.33 bits per heavy atom. The van der Waals surface area contributed by atoms with Crippen LogP contribution in [0.2, 0.25) is 5.02 Å². The first-order chi connectivity index (χ1) is 10.1. The maximum atomic E-state index is 12.3. The zero-order chi connectivity index (χ0) is 14.8. The molecule has 0 aliphatic carbocycles. The van der Waals surface area contributed by atoms with Gasteiger partial charge in [-0.15, -0.1) is 11.3 Å². The van der Waals surface area contributed by atoms with Crippen LogP contribution in [0.25, 0.3) is 10.1 Å². The highest BCUT2D eigenvalue weighted by molar-refractivity contribution is 7.21. The number of carbonyl (C=O) groups is 1. The van der Waals surface area contributed by atoms with Crippen molar-refractivity contribution in [1.82, 2.24) is 10.3 Å². The fourth-order valence-corrected chi connectivity index (χ4v) is 3.20. The van der Waals surface area contributed by atoms with Crippen molar-refractivity contribution in [3.8, 4) is 0 Å². The minimum Gasteiger partial charge on any atom is -0.397 e. The molecule has 1 amide bonds. The molecule has 0 bridgehead atoms. The van der Waals surface area contributed by atoms with Crippen molar-refractivity contribution in [2.24, 2.45) is 0 Å². The van der Waals surface area contributed by atoms with Crippen molar-refractivity contribution in [1.29, 1.82) is 0 Å². The Bertz CT molecular complexity index is 801. The van der Waals surface area contributed by atoms with Crippen LogP contribution in [0.1, 0.15) is 15.4 Å². The smallest absolute Gasteiger partial charge is 0.263 e. The van der Waals surface area contributed by atoms with Gasteiger partial charge in [0.05, 0.1) is 17.9 Å². The summed E-state index contributed by atoms with van der Waals surface area (Å²) in [5.41, 5.74) is 7.32. The van der Waals surface area contributed by atoms with Gasteiger partial charge in [-0.05, 0) is 30.3 Å². The number of nitrogens with one attached hydrogen (secondary N) is 1. The van der Waals surface area contributed by atoms with Crippen LogP contribution in [0, 0.1) is 0 Å². The van der Waals surface area contributed by atoms with Gasteiger partial charge in [0.25, 0.3) is 5.91 Å². The van der Waals surface area contributed by atoms with Gasteiger partial charge in [0.1, 0.15) is 4.88 Å². The lowest BCUT2D eigenvalue weighted by Gasteiger charge is -2.03. The summed E-state index contributed by atoms with van der Waals surface area (Å²) in [5.74, 6) is -0.199. The van der Waals surface area contributed by atoms with E-state index >= 15 is 0 Å². The average Bonchev–Trinajstić information content (AvgIpc) is 2.83. The average molecular weight is 318 g/mol. The van der Waals surface area contributed by atoms with Crippen LogP contribution in [0.15, 0.2) is 42.6 Å². The van der Waals surface area contributed by atoms with Crippen LogP contribution in [0.4, 0.5) is 5.69 Å². The molecule has 3 N–H and O–H groups in total. The molecule has 0 saturated carbocycles. The highest BCUT2D eigenvalue weighted by Gasteiger charge is 2.16. The van der Waals surface area contributed by atoms with Crippen molar-refractivity contribution >= 4 is 44.6 Å². The number of nitrogens with two attached hydrogens (primary N) is 1. The summed E-state index contributed by atoms with van der Waals surface area (Å²) in [4.78, 5) is 16.9. The molecular weight excluding hydrogens is 306 g/mol. The van der Waals surface area contributed by atoms with E-state index in [0.717, 1.165) is 15.8 Å². The second-order valence-electron chi connectivity index (χ2n) is 4.49. The van der Waals surface area contributed by atoms with E-state index in [0.29, 0.717) is 22.1 Å². The Hall–Kier alpha value is -2.11. The van der Waals surface area contributed by atoms with Crippen molar-refractivity contribution in [3.63, 3.8) is 0 Å². The lowest BCUT2D eigenvalue weighted by molar-refractivity contribution is 0.0955. The van der Waals surface area contributed by atoms with Crippen LogP contribution < -0.4 is 11.1 Å². The van der Waals surface area contributed by atoms with E-state index in [9.17, 15) is 4.79 Å². The molecule has 0 atom stereocenters. The third kappa shape index (κ3) is 2.84. The molecule has 0 spiro atoms. The third-order valence-corrected chi connectivity index (χ3v) is 4.47. The SMILES string of the molecule is Nc1c(C(=O)NCc2ccccn2)sc2ccc(Cl)cc12. The van der Waals surface area contributed by atoms with Crippen LogP contribution in [-0.4, -0.2) is 10.9 Å². The first kappa shape index (κ1) is 13.9. The number of carbonyl (C=O) groups excluding carboxylic acids is 1. The Kier molecular flexibility index (Phi) is 3.77. The number of pyridine rings is 1. The van der Waals surface area contributed by atoms with E-state index in [2.05, 4.69) is 10.3 Å². The quantitative estimate of drug-likeness (QED) is 0.777. The third-order valence-electron chi connectivity index (χ3n) is 3.05. The number of hydrogen-bond acceptors (Lipinski definition) is 4. The molecule has 0 aliphatic rings. The summed E-state index contributed by atoms with van der Waals surface area (Å²) < 4.78 is 0.944. The normalized spacial score (nSPS) is 10.7. The van der Waals surface area contributed by atoms with Crippen molar-refractivity contribution in [2.45, 2.75) is 6.54 Å². The topological polar surface area (TPSA) is 68.0 Å². The maximum Gasteiger partial charge on any atom is 0.263 e. The lowest BCUT2D eigenvalue weighted by Crippen LogP contribution is -2.23. The Labute approximate surface area is 130 Å². The molecule has 0 fully saturated rings. The molecular formula is C15H12ClN3OS. The fourth-order valence-electron chi connectivity index (χ4n) is 2.01. The largest absolute Gasteiger partial charge is 0.397 e. The first-order valence-corrected chi connectivity index (χ1v) is 7.50. The Morgan fingerprint density at radius 3 is 2.95 bits per heavy atom. The number of hydrogen-bond donors (Lipinski definition) is 2. The predicted octanol–water partition coefficient (Wildman–Crippen LogP) is 3.46. The number of aromatic nitrogens is 1. The van der Waals surface area contributed by atoms with Gasteiger partial charge in [-0.2, -0.15) is 0 Å². The van der Waals surface area contributed by atoms with Crippen molar-refractivity contribution in [3.05, 3.63) is 58.2 Å². The maximum absolute atomic E-state index is 12.3. The van der Waals surface area contributed by atoms with Crippen molar-refractivity contribution in [2.75, 3.05) is 5.73 Å². The number of fused-ring (bicyclic) bond motifs is 1. The van der Waals surface area contributed by atoms with Gasteiger partial charge in [-0.3, -0.25) is 9.78 Å². The van der Waals surface area contributed by atoms with Gasteiger partial charge in [-0.25, -0.2) is 0 Å². The number of nitrogens with zero attached hydrogens (tertiary/aromatic N) is 1. The molecule has 106 valence electrons. The fraction of sp³-hybridized carbons (Fsp3) is 0.0667. The highest BCUT2D eigenvalue weighted by atomic mass is 35.5. The summed E-state index contributed by atoms with van der Waals surface area (Å²) in [6, 6.07) is 11.0. The van der Waals surface area contributed by atoms with E-state index < -0.39 is 0 Å². The van der Waals surface area contributed by atoms with Gasteiger partial charge in [0, 0.05) is 21.3 Å². The van der Waals surface area contributed by atoms with Crippen LogP contribution in [-0.2, 0) is 6.54 Å². The van der Waals surface area contributed by atoms with Gasteiger partial charge in [0.15, 0.2) is 0 Å². The monoisotopic (exact) mass is 317 g/mol. The lowest BCUT2D eigenvalue weighted by atomic mass is 10.2. The molecule has 2 heterocycles. The minimum atomic E-state index is -0.199. The second-order valence-corrected chi connectivity index (χ2v) is 5.98. The molecule has 4 nitrogen and oxygen atoms in total. The zero-order valence-corrected chi connectivity index (χ0v) is 12.5. The van der Waals surface area contributed by atoms with E-state index in [4.69, 9.17) is 17.3 Å². The number of benzene rings is 1. The van der Waals surface area contributed by atoms with E-state index in [1.54, 1.807) is 18.3 Å². The number of halogens is 1. The predicted molar refractivity (Wildman–Crippen MR) is 86.7 cm³/mol. The summed E-state index contributed by atoms with van der Waals surface area (Å²) in [5, 5.41) is 4.25. The Morgan fingerprint density at radius 2 is 2.19 bits per heavy atom. The number of rotatable bonds is 3. The molecule has 6 heteroatoms. The van der Waals surface area contributed by atoms with Gasteiger partial charge < -0.3 is 11.1 Å². The molecule has 1 aromatic carbocycles.